The van der Waals surface area contributed by atoms with Crippen LogP contribution in [-0.4, -0.2) is 60.2 Å². The molecule has 0 saturated carbocycles. The maximum absolute atomic E-state index is 4.79. The molecule has 4 rings (SSSR count). The van der Waals surface area contributed by atoms with Crippen LogP contribution in [0.3, 0.4) is 0 Å². The minimum Gasteiger partial charge on any atom is -0.372 e. The lowest BCUT2D eigenvalue weighted by Crippen LogP contribution is -2.54. The topological polar surface area (TPSA) is 47.5 Å². The number of hydrogen-bond acceptors (Lipinski definition) is 6. The van der Waals surface area contributed by atoms with Crippen LogP contribution in [0.25, 0.3) is 0 Å². The molecule has 0 atom stereocenters. The molecule has 0 spiro atoms. The third-order valence-corrected chi connectivity index (χ3v) is 6.33. The van der Waals surface area contributed by atoms with Crippen LogP contribution < -0.4 is 15.1 Å². The first-order valence-corrected chi connectivity index (χ1v) is 11.7. The summed E-state index contributed by atoms with van der Waals surface area (Å²) in [5.41, 5.74) is 2.69. The van der Waals surface area contributed by atoms with Gasteiger partial charge in [0.2, 0.25) is 5.95 Å². The van der Waals surface area contributed by atoms with E-state index >= 15 is 0 Å². The van der Waals surface area contributed by atoms with Gasteiger partial charge in [-0.3, -0.25) is 4.90 Å². The summed E-state index contributed by atoms with van der Waals surface area (Å²) in [6.45, 7) is 11.8. The summed E-state index contributed by atoms with van der Waals surface area (Å²) in [6, 6.07) is 11.5. The molecule has 2 aliphatic rings. The largest absolute Gasteiger partial charge is 0.372 e. The fourth-order valence-corrected chi connectivity index (χ4v) is 4.53. The summed E-state index contributed by atoms with van der Waals surface area (Å²) >= 11 is 0. The molecule has 2 fully saturated rings. The van der Waals surface area contributed by atoms with E-state index in [1.807, 2.05) is 12.3 Å². The van der Waals surface area contributed by atoms with Crippen LogP contribution in [0.2, 0.25) is 0 Å². The number of nitrogens with one attached hydrogen (secondary N) is 1. The number of aromatic nitrogens is 2. The summed E-state index contributed by atoms with van der Waals surface area (Å²) in [4.78, 5) is 16.5. The van der Waals surface area contributed by atoms with Gasteiger partial charge in [0, 0.05) is 57.7 Å². The van der Waals surface area contributed by atoms with Gasteiger partial charge in [0.15, 0.2) is 0 Å². The van der Waals surface area contributed by atoms with Gasteiger partial charge >= 0.3 is 0 Å². The summed E-state index contributed by atoms with van der Waals surface area (Å²) in [5.74, 6) is 1.84. The maximum Gasteiger partial charge on any atom is 0.224 e. The second-order valence-corrected chi connectivity index (χ2v) is 8.51. The van der Waals surface area contributed by atoms with Gasteiger partial charge in [0.05, 0.1) is 6.04 Å². The molecule has 6 heteroatoms. The maximum atomic E-state index is 4.79. The zero-order chi connectivity index (χ0) is 20.8. The van der Waals surface area contributed by atoms with Crippen molar-refractivity contribution in [3.8, 4) is 0 Å². The van der Waals surface area contributed by atoms with Crippen molar-refractivity contribution < 1.29 is 0 Å². The predicted octanol–water partition coefficient (Wildman–Crippen LogP) is 4.00. The molecule has 0 amide bonds. The zero-order valence-corrected chi connectivity index (χ0v) is 18.6. The molecular weight excluding hydrogens is 372 g/mol. The van der Waals surface area contributed by atoms with Gasteiger partial charge in [-0.1, -0.05) is 25.0 Å². The molecule has 2 saturated heterocycles. The van der Waals surface area contributed by atoms with Crippen molar-refractivity contribution in [2.45, 2.75) is 52.1 Å². The Bertz CT molecular complexity index is 775. The second kappa shape index (κ2) is 10.1. The average molecular weight is 409 g/mol. The van der Waals surface area contributed by atoms with Crippen molar-refractivity contribution >= 4 is 17.5 Å². The van der Waals surface area contributed by atoms with Crippen molar-refractivity contribution in [2.75, 3.05) is 54.4 Å². The third-order valence-electron chi connectivity index (χ3n) is 6.33. The van der Waals surface area contributed by atoms with Crippen LogP contribution in [-0.2, 0) is 6.54 Å². The Morgan fingerprint density at radius 3 is 2.33 bits per heavy atom. The molecule has 162 valence electrons. The highest BCUT2D eigenvalue weighted by Crippen LogP contribution is 2.21. The first-order valence-electron chi connectivity index (χ1n) is 11.7. The molecule has 2 aromatic rings. The van der Waals surface area contributed by atoms with E-state index in [1.165, 1.54) is 36.9 Å². The SMILES string of the molecule is CCN(CC)c1ccc(CN2CC(Nc3nccc(N4CCCCCC4)n3)C2)cc1. The number of rotatable bonds is 8. The monoisotopic (exact) mass is 408 g/mol. The molecular formula is C24H36N6. The van der Waals surface area contributed by atoms with Crippen molar-refractivity contribution in [1.82, 2.24) is 14.9 Å². The fraction of sp³-hybridized carbons (Fsp3) is 0.583. The molecule has 30 heavy (non-hydrogen) atoms. The molecule has 0 unspecified atom stereocenters. The Hall–Kier alpha value is -2.34. The minimum atomic E-state index is 0.430. The Kier molecular flexibility index (Phi) is 7.05. The van der Waals surface area contributed by atoms with Gasteiger partial charge in [0.1, 0.15) is 5.82 Å². The minimum absolute atomic E-state index is 0.430. The van der Waals surface area contributed by atoms with Crippen LogP contribution in [0.1, 0.15) is 45.1 Å². The average Bonchev–Trinajstić information content (AvgIpc) is 3.04. The van der Waals surface area contributed by atoms with E-state index in [1.54, 1.807) is 0 Å². The standard InChI is InChI=1S/C24H36N6/c1-3-29(4-2)22-11-9-20(10-12-22)17-28-18-21(19-28)26-24-25-14-13-23(27-24)30-15-7-5-6-8-16-30/h9-14,21H,3-8,15-19H2,1-2H3,(H,25,26,27). The number of benzene rings is 1. The van der Waals surface area contributed by atoms with Crippen molar-refractivity contribution in [2.24, 2.45) is 0 Å². The third kappa shape index (κ3) is 5.22. The molecule has 3 heterocycles. The summed E-state index contributed by atoms with van der Waals surface area (Å²) in [7, 11) is 0. The Labute approximate surface area is 181 Å². The smallest absolute Gasteiger partial charge is 0.224 e. The van der Waals surface area contributed by atoms with Crippen LogP contribution >= 0.6 is 0 Å². The van der Waals surface area contributed by atoms with E-state index in [9.17, 15) is 0 Å². The fourth-order valence-electron chi connectivity index (χ4n) is 4.53. The van der Waals surface area contributed by atoms with Gasteiger partial charge < -0.3 is 15.1 Å². The number of hydrogen-bond donors (Lipinski definition) is 1. The van der Waals surface area contributed by atoms with Gasteiger partial charge in [0.25, 0.3) is 0 Å². The van der Waals surface area contributed by atoms with E-state index in [-0.39, 0.29) is 0 Å². The first-order chi connectivity index (χ1) is 14.7. The number of anilines is 3. The molecule has 1 N–H and O–H groups in total. The second-order valence-electron chi connectivity index (χ2n) is 8.51. The Morgan fingerprint density at radius 2 is 1.67 bits per heavy atom. The highest BCUT2D eigenvalue weighted by Gasteiger charge is 2.27. The van der Waals surface area contributed by atoms with Crippen LogP contribution in [0.15, 0.2) is 36.5 Å². The normalized spacial score (nSPS) is 18.0. The number of likely N-dealkylation sites (tertiary alicyclic amines) is 1. The molecule has 0 radical (unpaired) electrons. The molecule has 6 nitrogen and oxygen atoms in total. The van der Waals surface area contributed by atoms with E-state index in [4.69, 9.17) is 4.98 Å². The lowest BCUT2D eigenvalue weighted by Gasteiger charge is -2.39. The Balaban J connectivity index is 1.25. The van der Waals surface area contributed by atoms with Crippen LogP contribution in [0.5, 0.6) is 0 Å². The summed E-state index contributed by atoms with van der Waals surface area (Å²) < 4.78 is 0. The highest BCUT2D eigenvalue weighted by atomic mass is 15.3. The lowest BCUT2D eigenvalue weighted by molar-refractivity contribution is 0.152. The van der Waals surface area contributed by atoms with Gasteiger partial charge in [-0.05, 0) is 50.5 Å². The van der Waals surface area contributed by atoms with Crippen molar-refractivity contribution in [3.63, 3.8) is 0 Å². The quantitative estimate of drug-likeness (QED) is 0.712. The Morgan fingerprint density at radius 1 is 0.967 bits per heavy atom. The van der Waals surface area contributed by atoms with E-state index < -0.39 is 0 Å². The summed E-state index contributed by atoms with van der Waals surface area (Å²) in [6.07, 6.45) is 7.09. The first kappa shape index (κ1) is 20.9. The zero-order valence-electron chi connectivity index (χ0n) is 18.6. The molecule has 0 bridgehead atoms. The predicted molar refractivity (Wildman–Crippen MR) is 125 cm³/mol. The van der Waals surface area contributed by atoms with E-state index in [0.29, 0.717) is 6.04 Å². The highest BCUT2D eigenvalue weighted by molar-refractivity contribution is 5.47. The number of nitrogens with zero attached hydrogens (tertiary/aromatic N) is 5. The van der Waals surface area contributed by atoms with Gasteiger partial charge in [-0.15, -0.1) is 0 Å². The lowest BCUT2D eigenvalue weighted by atomic mass is 10.1. The van der Waals surface area contributed by atoms with Gasteiger partial charge in [-0.2, -0.15) is 4.98 Å². The molecule has 1 aromatic carbocycles. The van der Waals surface area contributed by atoms with Crippen LogP contribution in [0, 0.1) is 0 Å². The van der Waals surface area contributed by atoms with Crippen molar-refractivity contribution in [1.29, 1.82) is 0 Å². The van der Waals surface area contributed by atoms with Gasteiger partial charge in [-0.25, -0.2) is 4.98 Å². The molecule has 2 aliphatic heterocycles. The van der Waals surface area contributed by atoms with E-state index in [0.717, 1.165) is 57.6 Å². The summed E-state index contributed by atoms with van der Waals surface area (Å²) in [5, 5.41) is 3.53. The molecule has 1 aromatic heterocycles. The van der Waals surface area contributed by atoms with Crippen molar-refractivity contribution in [3.05, 3.63) is 42.1 Å². The van der Waals surface area contributed by atoms with E-state index in [2.05, 4.69) is 63.1 Å². The molecule has 0 aliphatic carbocycles. The van der Waals surface area contributed by atoms with Crippen LogP contribution in [0.4, 0.5) is 17.5 Å².